The Balaban J connectivity index is 2.24. The van der Waals surface area contributed by atoms with E-state index < -0.39 is 0 Å². The summed E-state index contributed by atoms with van der Waals surface area (Å²) in [5.74, 6) is -0.317. The van der Waals surface area contributed by atoms with E-state index in [1.165, 1.54) is 0 Å². The van der Waals surface area contributed by atoms with Crippen LogP contribution in [0.5, 0.6) is 0 Å². The average molecular weight is 284 g/mol. The van der Waals surface area contributed by atoms with Gasteiger partial charge in [-0.2, -0.15) is 5.10 Å². The first-order valence-corrected chi connectivity index (χ1v) is 6.00. The fourth-order valence-corrected chi connectivity index (χ4v) is 1.81. The smallest absolute Gasteiger partial charge is 0.276 e. The van der Waals surface area contributed by atoms with E-state index in [9.17, 15) is 4.79 Å². The normalized spacial score (nSPS) is 10.4. The summed E-state index contributed by atoms with van der Waals surface area (Å²) in [7, 11) is 1.78. The maximum atomic E-state index is 12.0. The van der Waals surface area contributed by atoms with Crippen LogP contribution in [0.1, 0.15) is 16.2 Å². The molecule has 18 heavy (non-hydrogen) atoms. The number of carbonyl (C=O) groups is 1. The van der Waals surface area contributed by atoms with Gasteiger partial charge in [-0.15, -0.1) is 0 Å². The third-order valence-electron chi connectivity index (χ3n) is 2.55. The maximum absolute atomic E-state index is 12.0. The van der Waals surface area contributed by atoms with Gasteiger partial charge >= 0.3 is 0 Å². The fraction of sp³-hybridized carbons (Fsp3) is 0.167. The molecule has 0 aliphatic heterocycles. The lowest BCUT2D eigenvalue weighted by Gasteiger charge is -2.06. The molecule has 94 valence electrons. The number of hydrogen-bond donors (Lipinski definition) is 1. The van der Waals surface area contributed by atoms with Crippen molar-refractivity contribution in [2.24, 2.45) is 7.05 Å². The first kappa shape index (κ1) is 12.9. The molecule has 6 heteroatoms. The molecule has 2 aromatic rings. The van der Waals surface area contributed by atoms with Crippen molar-refractivity contribution in [2.75, 3.05) is 5.32 Å². The quantitative estimate of drug-likeness (QED) is 0.919. The van der Waals surface area contributed by atoms with Crippen molar-refractivity contribution in [3.05, 3.63) is 45.7 Å². The third kappa shape index (κ3) is 2.49. The van der Waals surface area contributed by atoms with Gasteiger partial charge in [0.05, 0.1) is 15.7 Å². The Morgan fingerprint density at radius 3 is 2.72 bits per heavy atom. The zero-order valence-electron chi connectivity index (χ0n) is 9.87. The maximum Gasteiger partial charge on any atom is 0.276 e. The molecule has 0 atom stereocenters. The number of benzene rings is 1. The second kappa shape index (κ2) is 5.00. The van der Waals surface area contributed by atoms with Gasteiger partial charge in [0.25, 0.3) is 5.91 Å². The molecule has 0 fully saturated rings. The van der Waals surface area contributed by atoms with Crippen LogP contribution in [0.15, 0.2) is 24.3 Å². The number of nitrogens with zero attached hydrogens (tertiary/aromatic N) is 2. The summed E-state index contributed by atoms with van der Waals surface area (Å²) >= 11 is 11.9. The van der Waals surface area contributed by atoms with Gasteiger partial charge in [0.15, 0.2) is 5.69 Å². The number of aromatic nitrogens is 2. The number of anilines is 1. The fourth-order valence-electron chi connectivity index (χ4n) is 1.46. The molecular weight excluding hydrogens is 273 g/mol. The zero-order valence-corrected chi connectivity index (χ0v) is 11.4. The first-order valence-electron chi connectivity index (χ1n) is 5.25. The lowest BCUT2D eigenvalue weighted by molar-refractivity contribution is 0.102. The number of amides is 1. The van der Waals surface area contributed by atoms with E-state index >= 15 is 0 Å². The van der Waals surface area contributed by atoms with E-state index in [0.29, 0.717) is 21.4 Å². The lowest BCUT2D eigenvalue weighted by atomic mass is 10.3. The van der Waals surface area contributed by atoms with Crippen LogP contribution in [0, 0.1) is 6.92 Å². The topological polar surface area (TPSA) is 46.9 Å². The van der Waals surface area contributed by atoms with Crippen LogP contribution in [-0.4, -0.2) is 15.7 Å². The van der Waals surface area contributed by atoms with E-state index in [4.69, 9.17) is 23.2 Å². The second-order valence-corrected chi connectivity index (χ2v) is 4.64. The van der Waals surface area contributed by atoms with Crippen molar-refractivity contribution >= 4 is 34.8 Å². The van der Waals surface area contributed by atoms with E-state index in [0.717, 1.165) is 5.69 Å². The SMILES string of the molecule is Cc1cc(C(=O)Nc2cccc(Cl)c2Cl)nn1C. The van der Waals surface area contributed by atoms with E-state index in [1.807, 2.05) is 6.92 Å². The molecule has 0 saturated carbocycles. The van der Waals surface area contributed by atoms with E-state index in [2.05, 4.69) is 10.4 Å². The number of nitrogens with one attached hydrogen (secondary N) is 1. The molecule has 1 aromatic heterocycles. The van der Waals surface area contributed by atoms with Crippen LogP contribution in [0.2, 0.25) is 10.0 Å². The van der Waals surface area contributed by atoms with Crippen LogP contribution in [0.25, 0.3) is 0 Å². The minimum atomic E-state index is -0.317. The number of hydrogen-bond acceptors (Lipinski definition) is 2. The molecule has 0 saturated heterocycles. The Kier molecular flexibility index (Phi) is 3.59. The molecule has 0 aliphatic carbocycles. The predicted octanol–water partition coefficient (Wildman–Crippen LogP) is 3.29. The Morgan fingerprint density at radius 2 is 2.11 bits per heavy atom. The van der Waals surface area contributed by atoms with Crippen molar-refractivity contribution in [3.63, 3.8) is 0 Å². The lowest BCUT2D eigenvalue weighted by Crippen LogP contribution is -2.13. The highest BCUT2D eigenvalue weighted by molar-refractivity contribution is 6.44. The van der Waals surface area contributed by atoms with Gasteiger partial charge in [-0.1, -0.05) is 29.3 Å². The molecule has 1 aromatic carbocycles. The van der Waals surface area contributed by atoms with Crippen molar-refractivity contribution in [3.8, 4) is 0 Å². The predicted molar refractivity (Wildman–Crippen MR) is 72.4 cm³/mol. The monoisotopic (exact) mass is 283 g/mol. The van der Waals surface area contributed by atoms with Crippen LogP contribution in [-0.2, 0) is 7.05 Å². The molecule has 4 nitrogen and oxygen atoms in total. The number of carbonyl (C=O) groups excluding carboxylic acids is 1. The van der Waals surface area contributed by atoms with Crippen molar-refractivity contribution in [1.82, 2.24) is 9.78 Å². The molecule has 1 heterocycles. The van der Waals surface area contributed by atoms with Crippen LogP contribution >= 0.6 is 23.2 Å². The Labute approximate surface area is 115 Å². The minimum absolute atomic E-state index is 0.317. The molecule has 0 spiro atoms. The van der Waals surface area contributed by atoms with Crippen molar-refractivity contribution < 1.29 is 4.79 Å². The van der Waals surface area contributed by atoms with Crippen molar-refractivity contribution in [2.45, 2.75) is 6.92 Å². The Hall–Kier alpha value is -1.52. The molecule has 0 unspecified atom stereocenters. The summed E-state index contributed by atoms with van der Waals surface area (Å²) in [4.78, 5) is 12.0. The van der Waals surface area contributed by atoms with Gasteiger partial charge in [-0.3, -0.25) is 9.48 Å². The van der Waals surface area contributed by atoms with Gasteiger partial charge in [-0.25, -0.2) is 0 Å². The Bertz CT molecular complexity index is 588. The summed E-state index contributed by atoms with van der Waals surface area (Å²) in [5.41, 5.74) is 1.71. The summed E-state index contributed by atoms with van der Waals surface area (Å²) < 4.78 is 1.63. The summed E-state index contributed by atoms with van der Waals surface area (Å²) in [6, 6.07) is 6.76. The van der Waals surface area contributed by atoms with E-state index in [-0.39, 0.29) is 5.91 Å². The van der Waals surface area contributed by atoms with E-state index in [1.54, 1.807) is 36.0 Å². The van der Waals surface area contributed by atoms with Crippen LogP contribution in [0.4, 0.5) is 5.69 Å². The largest absolute Gasteiger partial charge is 0.319 e. The number of aryl methyl sites for hydroxylation is 2. The number of rotatable bonds is 2. The summed E-state index contributed by atoms with van der Waals surface area (Å²) in [6.45, 7) is 1.87. The average Bonchev–Trinajstić information content (AvgIpc) is 2.66. The first-order chi connectivity index (χ1) is 8.49. The molecule has 1 N–H and O–H groups in total. The highest BCUT2D eigenvalue weighted by Crippen LogP contribution is 2.29. The van der Waals surface area contributed by atoms with Gasteiger partial charge in [-0.05, 0) is 25.1 Å². The van der Waals surface area contributed by atoms with Gasteiger partial charge < -0.3 is 5.32 Å². The van der Waals surface area contributed by atoms with Crippen molar-refractivity contribution in [1.29, 1.82) is 0 Å². The van der Waals surface area contributed by atoms with Crippen LogP contribution < -0.4 is 5.32 Å². The van der Waals surface area contributed by atoms with Gasteiger partial charge in [0, 0.05) is 12.7 Å². The standard InChI is InChI=1S/C12H11Cl2N3O/c1-7-6-10(16-17(7)2)12(18)15-9-5-3-4-8(13)11(9)14/h3-6H,1-2H3,(H,15,18). The molecule has 0 radical (unpaired) electrons. The molecule has 0 bridgehead atoms. The highest BCUT2D eigenvalue weighted by Gasteiger charge is 2.13. The summed E-state index contributed by atoms with van der Waals surface area (Å²) in [5, 5.41) is 7.48. The zero-order chi connectivity index (χ0) is 13.3. The highest BCUT2D eigenvalue weighted by atomic mass is 35.5. The molecular formula is C12H11Cl2N3O. The van der Waals surface area contributed by atoms with Gasteiger partial charge in [0.2, 0.25) is 0 Å². The second-order valence-electron chi connectivity index (χ2n) is 3.85. The third-order valence-corrected chi connectivity index (χ3v) is 3.37. The molecule has 0 aliphatic rings. The minimum Gasteiger partial charge on any atom is -0.319 e. The molecule has 2 rings (SSSR count). The molecule has 1 amide bonds. The summed E-state index contributed by atoms with van der Waals surface area (Å²) in [6.07, 6.45) is 0. The van der Waals surface area contributed by atoms with Crippen LogP contribution in [0.3, 0.4) is 0 Å². The van der Waals surface area contributed by atoms with Gasteiger partial charge in [0.1, 0.15) is 0 Å². The number of halogens is 2. The Morgan fingerprint density at radius 1 is 1.39 bits per heavy atom.